The first kappa shape index (κ1) is 15.1. The van der Waals surface area contributed by atoms with E-state index in [-0.39, 0.29) is 11.5 Å². The lowest BCUT2D eigenvalue weighted by Crippen LogP contribution is -2.27. The Kier molecular flexibility index (Phi) is 4.89. The monoisotopic (exact) mass is 275 g/mol. The maximum atomic E-state index is 12.3. The second kappa shape index (κ2) is 5.81. The van der Waals surface area contributed by atoms with Gasteiger partial charge >= 0.3 is 0 Å². The summed E-state index contributed by atoms with van der Waals surface area (Å²) in [5.74, 6) is 0. The fourth-order valence-corrected chi connectivity index (χ4v) is 3.36. The van der Waals surface area contributed by atoms with Crippen molar-refractivity contribution in [2.24, 2.45) is 0 Å². The van der Waals surface area contributed by atoms with Crippen LogP contribution in [0.1, 0.15) is 24.7 Å². The second-order valence-corrected chi connectivity index (χ2v) is 6.20. The van der Waals surface area contributed by atoms with Gasteiger partial charge in [-0.2, -0.15) is 5.10 Å². The first-order valence-electron chi connectivity index (χ1n) is 5.97. The average Bonchev–Trinajstić information content (AvgIpc) is 2.60. The molecule has 0 aromatic carbocycles. The zero-order chi connectivity index (χ0) is 13.9. The third kappa shape index (κ3) is 2.73. The summed E-state index contributed by atoms with van der Waals surface area (Å²) in [7, 11) is -1.91. The van der Waals surface area contributed by atoms with Crippen molar-refractivity contribution in [3.63, 3.8) is 0 Å². The molecule has 0 amide bonds. The Balaban J connectivity index is 3.22. The van der Waals surface area contributed by atoms with Gasteiger partial charge in [0, 0.05) is 26.7 Å². The average molecular weight is 275 g/mol. The number of aryl methyl sites for hydroxylation is 2. The molecule has 0 saturated carbocycles. The van der Waals surface area contributed by atoms with Gasteiger partial charge in [0.15, 0.2) is 0 Å². The SMILES string of the molecule is CCN(C)S(=O)(=O)c1c(C)nn(CCCO)c1C. The quantitative estimate of drug-likeness (QED) is 0.821. The molecule has 0 saturated heterocycles. The number of hydrogen-bond donors (Lipinski definition) is 1. The van der Waals surface area contributed by atoms with Crippen LogP contribution in [-0.2, 0) is 16.6 Å². The van der Waals surface area contributed by atoms with E-state index in [1.807, 2.05) is 0 Å². The molecule has 1 aromatic heterocycles. The minimum Gasteiger partial charge on any atom is -0.396 e. The molecule has 1 heterocycles. The van der Waals surface area contributed by atoms with Crippen LogP contribution < -0.4 is 0 Å². The minimum absolute atomic E-state index is 0.0648. The standard InChI is InChI=1S/C11H21N3O3S/c1-5-13(4)18(16,17)11-9(2)12-14(10(11)3)7-6-8-15/h15H,5-8H2,1-4H3. The number of hydrogen-bond acceptors (Lipinski definition) is 4. The van der Waals surface area contributed by atoms with Crippen LogP contribution in [0.3, 0.4) is 0 Å². The van der Waals surface area contributed by atoms with Gasteiger partial charge in [-0.05, 0) is 20.3 Å². The van der Waals surface area contributed by atoms with Crippen molar-refractivity contribution < 1.29 is 13.5 Å². The van der Waals surface area contributed by atoms with Crippen LogP contribution in [-0.4, -0.2) is 47.8 Å². The van der Waals surface area contributed by atoms with E-state index in [9.17, 15) is 8.42 Å². The molecular formula is C11H21N3O3S. The van der Waals surface area contributed by atoms with E-state index in [2.05, 4.69) is 5.10 Å². The summed E-state index contributed by atoms with van der Waals surface area (Å²) in [4.78, 5) is 0.282. The molecule has 0 aliphatic carbocycles. The molecule has 0 spiro atoms. The molecule has 0 radical (unpaired) electrons. The molecule has 0 atom stereocenters. The van der Waals surface area contributed by atoms with Crippen molar-refractivity contribution in [3.05, 3.63) is 11.4 Å². The van der Waals surface area contributed by atoms with Crippen molar-refractivity contribution in [3.8, 4) is 0 Å². The highest BCUT2D eigenvalue weighted by molar-refractivity contribution is 7.89. The fraction of sp³-hybridized carbons (Fsp3) is 0.727. The van der Waals surface area contributed by atoms with Gasteiger partial charge in [0.1, 0.15) is 4.90 Å². The molecule has 0 aliphatic rings. The molecule has 0 unspecified atom stereocenters. The van der Waals surface area contributed by atoms with Crippen LogP contribution in [0.4, 0.5) is 0 Å². The lowest BCUT2D eigenvalue weighted by atomic mass is 10.4. The Morgan fingerprint density at radius 3 is 2.50 bits per heavy atom. The van der Waals surface area contributed by atoms with Crippen molar-refractivity contribution >= 4 is 10.0 Å². The number of aliphatic hydroxyl groups is 1. The van der Waals surface area contributed by atoms with E-state index in [0.717, 1.165) is 0 Å². The summed E-state index contributed by atoms with van der Waals surface area (Å²) in [5.41, 5.74) is 1.13. The smallest absolute Gasteiger partial charge is 0.246 e. The topological polar surface area (TPSA) is 75.4 Å². The number of aromatic nitrogens is 2. The van der Waals surface area contributed by atoms with E-state index < -0.39 is 10.0 Å². The molecule has 104 valence electrons. The third-order valence-corrected chi connectivity index (χ3v) is 5.14. The zero-order valence-electron chi connectivity index (χ0n) is 11.3. The largest absolute Gasteiger partial charge is 0.396 e. The highest BCUT2D eigenvalue weighted by Gasteiger charge is 2.27. The Labute approximate surface area is 108 Å². The summed E-state index contributed by atoms with van der Waals surface area (Å²) >= 11 is 0. The molecule has 1 aromatic rings. The summed E-state index contributed by atoms with van der Waals surface area (Å²) in [6.45, 7) is 6.23. The minimum atomic E-state index is -3.47. The molecule has 1 N–H and O–H groups in total. The molecule has 0 aliphatic heterocycles. The normalized spacial score (nSPS) is 12.3. The van der Waals surface area contributed by atoms with Crippen LogP contribution in [0.25, 0.3) is 0 Å². The highest BCUT2D eigenvalue weighted by Crippen LogP contribution is 2.22. The van der Waals surface area contributed by atoms with Gasteiger partial charge in [-0.1, -0.05) is 6.92 Å². The van der Waals surface area contributed by atoms with Gasteiger partial charge < -0.3 is 5.11 Å². The van der Waals surface area contributed by atoms with Crippen molar-refractivity contribution in [1.29, 1.82) is 0 Å². The van der Waals surface area contributed by atoms with Gasteiger partial charge in [0.25, 0.3) is 0 Å². The number of aliphatic hydroxyl groups excluding tert-OH is 1. The van der Waals surface area contributed by atoms with E-state index in [1.165, 1.54) is 4.31 Å². The lowest BCUT2D eigenvalue weighted by Gasteiger charge is -2.15. The van der Waals surface area contributed by atoms with Gasteiger partial charge in [-0.3, -0.25) is 4.68 Å². The van der Waals surface area contributed by atoms with Crippen LogP contribution in [0.15, 0.2) is 4.90 Å². The highest BCUT2D eigenvalue weighted by atomic mass is 32.2. The lowest BCUT2D eigenvalue weighted by molar-refractivity contribution is 0.276. The van der Waals surface area contributed by atoms with E-state index in [4.69, 9.17) is 5.11 Å². The van der Waals surface area contributed by atoms with Crippen LogP contribution >= 0.6 is 0 Å². The molecule has 1 rings (SSSR count). The maximum absolute atomic E-state index is 12.3. The Morgan fingerprint density at radius 1 is 1.39 bits per heavy atom. The second-order valence-electron chi connectivity index (χ2n) is 4.22. The number of nitrogens with zero attached hydrogens (tertiary/aromatic N) is 3. The van der Waals surface area contributed by atoms with E-state index in [0.29, 0.717) is 30.9 Å². The molecule has 0 bridgehead atoms. The van der Waals surface area contributed by atoms with Gasteiger partial charge in [0.2, 0.25) is 10.0 Å². The first-order valence-corrected chi connectivity index (χ1v) is 7.41. The number of rotatable bonds is 6. The van der Waals surface area contributed by atoms with E-state index >= 15 is 0 Å². The fourth-order valence-electron chi connectivity index (χ4n) is 1.82. The van der Waals surface area contributed by atoms with Gasteiger partial charge in [0.05, 0.1) is 11.4 Å². The molecule has 18 heavy (non-hydrogen) atoms. The summed E-state index contributed by atoms with van der Waals surface area (Å²) in [6.07, 6.45) is 0.561. The Morgan fingerprint density at radius 2 is 2.00 bits per heavy atom. The molecule has 0 fully saturated rings. The van der Waals surface area contributed by atoms with Gasteiger partial charge in [-0.25, -0.2) is 12.7 Å². The van der Waals surface area contributed by atoms with Crippen LogP contribution in [0.2, 0.25) is 0 Å². The van der Waals surface area contributed by atoms with Crippen LogP contribution in [0.5, 0.6) is 0 Å². The molecular weight excluding hydrogens is 254 g/mol. The molecule has 6 nitrogen and oxygen atoms in total. The maximum Gasteiger partial charge on any atom is 0.246 e. The zero-order valence-corrected chi connectivity index (χ0v) is 12.2. The van der Waals surface area contributed by atoms with Gasteiger partial charge in [-0.15, -0.1) is 0 Å². The van der Waals surface area contributed by atoms with Crippen molar-refractivity contribution in [1.82, 2.24) is 14.1 Å². The Bertz CT molecular complexity index is 508. The predicted octanol–water partition coefficient (Wildman–Crippen LogP) is 0.523. The Hall–Kier alpha value is -0.920. The summed E-state index contributed by atoms with van der Waals surface area (Å²) < 4.78 is 27.6. The first-order chi connectivity index (χ1) is 8.36. The summed E-state index contributed by atoms with van der Waals surface area (Å²) in [5, 5.41) is 13.0. The van der Waals surface area contributed by atoms with Crippen LogP contribution in [0, 0.1) is 13.8 Å². The predicted molar refractivity (Wildman–Crippen MR) is 68.9 cm³/mol. The summed E-state index contributed by atoms with van der Waals surface area (Å²) in [6, 6.07) is 0. The van der Waals surface area contributed by atoms with Crippen molar-refractivity contribution in [2.75, 3.05) is 20.2 Å². The number of sulfonamides is 1. The van der Waals surface area contributed by atoms with E-state index in [1.54, 1.807) is 32.5 Å². The van der Waals surface area contributed by atoms with Crippen molar-refractivity contribution in [2.45, 2.75) is 38.6 Å². The molecule has 7 heteroatoms. The third-order valence-electron chi connectivity index (χ3n) is 2.96.